The molecule has 15 heavy (non-hydrogen) atoms. The van der Waals surface area contributed by atoms with Crippen LogP contribution in [-0.4, -0.2) is 15.2 Å². The van der Waals surface area contributed by atoms with Gasteiger partial charge in [-0.25, -0.2) is 4.39 Å². The summed E-state index contributed by atoms with van der Waals surface area (Å²) in [4.78, 5) is 3.80. The van der Waals surface area contributed by atoms with E-state index in [1.165, 1.54) is 6.07 Å². The summed E-state index contributed by atoms with van der Waals surface area (Å²) in [5, 5.41) is 6.33. The minimum atomic E-state index is -0.495. The van der Waals surface area contributed by atoms with Crippen molar-refractivity contribution in [2.45, 2.75) is 0 Å². The highest BCUT2D eigenvalue weighted by Gasteiger charge is 2.14. The Labute approximate surface area is 97.8 Å². The molecule has 0 aliphatic carbocycles. The Bertz CT molecular complexity index is 490. The molecule has 0 unspecified atom stereocenters. The van der Waals surface area contributed by atoms with Gasteiger partial charge in [-0.1, -0.05) is 27.5 Å². The molecule has 1 aromatic heterocycles. The van der Waals surface area contributed by atoms with Gasteiger partial charge in [-0.15, -0.1) is 5.10 Å². The number of hydrogen-bond acceptors (Lipinski definition) is 3. The first-order chi connectivity index (χ1) is 7.08. The van der Waals surface area contributed by atoms with Gasteiger partial charge in [0.05, 0.1) is 10.6 Å². The first-order valence-electron chi connectivity index (χ1n) is 3.90. The lowest BCUT2D eigenvalue weighted by Crippen LogP contribution is -1.89. The number of aromatic nitrogens is 3. The number of rotatable bonds is 1. The molecule has 4 nitrogen and oxygen atoms in total. The van der Waals surface area contributed by atoms with E-state index in [0.717, 1.165) is 0 Å². The number of benzene rings is 1. The number of halogens is 3. The molecule has 0 bridgehead atoms. The average Bonchev–Trinajstić information content (AvgIpc) is 2.49. The molecule has 2 rings (SSSR count). The monoisotopic (exact) mass is 290 g/mol. The second-order valence-corrected chi connectivity index (χ2v) is 4.11. The van der Waals surface area contributed by atoms with E-state index in [4.69, 9.17) is 17.3 Å². The zero-order valence-electron chi connectivity index (χ0n) is 7.26. The van der Waals surface area contributed by atoms with E-state index in [2.05, 4.69) is 31.1 Å². The lowest BCUT2D eigenvalue weighted by molar-refractivity contribution is 0.629. The number of hydrogen-bond donors (Lipinski definition) is 2. The van der Waals surface area contributed by atoms with E-state index < -0.39 is 5.82 Å². The van der Waals surface area contributed by atoms with E-state index in [-0.39, 0.29) is 22.4 Å². The van der Waals surface area contributed by atoms with E-state index in [1.807, 2.05) is 0 Å². The summed E-state index contributed by atoms with van der Waals surface area (Å²) in [6, 6.07) is 2.86. The number of H-pyrrole nitrogens is 1. The van der Waals surface area contributed by atoms with Crippen molar-refractivity contribution in [3.8, 4) is 11.4 Å². The molecule has 0 fully saturated rings. The molecule has 0 spiro atoms. The van der Waals surface area contributed by atoms with Crippen LogP contribution in [0.4, 0.5) is 10.3 Å². The molecule has 0 saturated carbocycles. The Morgan fingerprint density at radius 2 is 2.20 bits per heavy atom. The number of nitrogen functional groups attached to an aromatic ring is 1. The fourth-order valence-corrected chi connectivity index (χ4v) is 2.01. The van der Waals surface area contributed by atoms with Crippen molar-refractivity contribution < 1.29 is 4.39 Å². The Kier molecular flexibility index (Phi) is 2.62. The van der Waals surface area contributed by atoms with Crippen LogP contribution in [0.1, 0.15) is 0 Å². The van der Waals surface area contributed by atoms with Crippen molar-refractivity contribution in [2.75, 3.05) is 5.73 Å². The van der Waals surface area contributed by atoms with Crippen LogP contribution in [0.3, 0.4) is 0 Å². The SMILES string of the molecule is Nc1n[nH]c(-c2c(F)cc(Br)cc2Cl)n1. The second-order valence-electron chi connectivity index (χ2n) is 2.79. The van der Waals surface area contributed by atoms with Crippen molar-refractivity contribution in [3.63, 3.8) is 0 Å². The normalized spacial score (nSPS) is 10.6. The summed E-state index contributed by atoms with van der Waals surface area (Å²) in [5.41, 5.74) is 5.47. The molecule has 0 amide bonds. The summed E-state index contributed by atoms with van der Waals surface area (Å²) >= 11 is 9.01. The first kappa shape index (κ1) is 10.4. The maximum Gasteiger partial charge on any atom is 0.239 e. The molecular formula is C8H5BrClFN4. The highest BCUT2D eigenvalue weighted by atomic mass is 79.9. The van der Waals surface area contributed by atoms with Crippen LogP contribution in [-0.2, 0) is 0 Å². The first-order valence-corrected chi connectivity index (χ1v) is 5.08. The zero-order chi connectivity index (χ0) is 11.0. The van der Waals surface area contributed by atoms with Gasteiger partial charge in [0.1, 0.15) is 5.82 Å². The predicted octanol–water partition coefficient (Wildman–Crippen LogP) is 2.61. The number of anilines is 1. The molecule has 0 aliphatic heterocycles. The number of nitrogens with zero attached hydrogens (tertiary/aromatic N) is 2. The summed E-state index contributed by atoms with van der Waals surface area (Å²) in [6.07, 6.45) is 0. The van der Waals surface area contributed by atoms with E-state index in [0.29, 0.717) is 4.47 Å². The maximum absolute atomic E-state index is 13.6. The third-order valence-corrected chi connectivity index (χ3v) is 2.50. The van der Waals surface area contributed by atoms with Crippen LogP contribution in [0.15, 0.2) is 16.6 Å². The fraction of sp³-hybridized carbons (Fsp3) is 0. The molecule has 3 N–H and O–H groups in total. The lowest BCUT2D eigenvalue weighted by Gasteiger charge is -2.02. The predicted molar refractivity (Wildman–Crippen MR) is 58.9 cm³/mol. The van der Waals surface area contributed by atoms with E-state index >= 15 is 0 Å². The minimum Gasteiger partial charge on any atom is -0.366 e. The lowest BCUT2D eigenvalue weighted by atomic mass is 10.2. The minimum absolute atomic E-state index is 0.0448. The molecule has 0 aliphatic rings. The van der Waals surface area contributed by atoms with Gasteiger partial charge in [-0.3, -0.25) is 5.10 Å². The topological polar surface area (TPSA) is 67.6 Å². The number of nitrogens with one attached hydrogen (secondary N) is 1. The Morgan fingerprint density at radius 3 is 2.73 bits per heavy atom. The Morgan fingerprint density at radius 1 is 1.47 bits per heavy atom. The van der Waals surface area contributed by atoms with Crippen LogP contribution in [0.25, 0.3) is 11.4 Å². The van der Waals surface area contributed by atoms with E-state index in [1.54, 1.807) is 6.07 Å². The summed E-state index contributed by atoms with van der Waals surface area (Å²) < 4.78 is 14.1. The van der Waals surface area contributed by atoms with Gasteiger partial charge in [0, 0.05) is 4.47 Å². The number of nitrogens with two attached hydrogens (primary N) is 1. The van der Waals surface area contributed by atoms with Gasteiger partial charge in [-0.2, -0.15) is 4.98 Å². The van der Waals surface area contributed by atoms with Crippen molar-refractivity contribution in [1.29, 1.82) is 0 Å². The number of aromatic amines is 1. The van der Waals surface area contributed by atoms with Gasteiger partial charge in [0.25, 0.3) is 0 Å². The van der Waals surface area contributed by atoms with E-state index in [9.17, 15) is 4.39 Å². The van der Waals surface area contributed by atoms with Crippen LogP contribution < -0.4 is 5.73 Å². The molecule has 1 aromatic carbocycles. The molecule has 78 valence electrons. The van der Waals surface area contributed by atoms with Crippen LogP contribution in [0.2, 0.25) is 5.02 Å². The molecule has 0 saturated heterocycles. The molecule has 1 heterocycles. The summed E-state index contributed by atoms with van der Waals surface area (Å²) in [7, 11) is 0. The van der Waals surface area contributed by atoms with Gasteiger partial charge in [-0.05, 0) is 12.1 Å². The Hall–Kier alpha value is -1.14. The smallest absolute Gasteiger partial charge is 0.239 e. The van der Waals surface area contributed by atoms with Crippen molar-refractivity contribution in [3.05, 3.63) is 27.4 Å². The van der Waals surface area contributed by atoms with Crippen LogP contribution >= 0.6 is 27.5 Å². The Balaban J connectivity index is 2.62. The highest BCUT2D eigenvalue weighted by Crippen LogP contribution is 2.31. The fourth-order valence-electron chi connectivity index (χ4n) is 1.16. The third-order valence-electron chi connectivity index (χ3n) is 1.75. The second kappa shape index (κ2) is 3.79. The van der Waals surface area contributed by atoms with Gasteiger partial charge in [0.15, 0.2) is 5.82 Å². The van der Waals surface area contributed by atoms with Crippen LogP contribution in [0.5, 0.6) is 0 Å². The molecule has 2 aromatic rings. The largest absolute Gasteiger partial charge is 0.366 e. The van der Waals surface area contributed by atoms with Crippen molar-refractivity contribution >= 4 is 33.5 Å². The third kappa shape index (κ3) is 1.95. The maximum atomic E-state index is 13.6. The van der Waals surface area contributed by atoms with Gasteiger partial charge in [0.2, 0.25) is 5.95 Å². The van der Waals surface area contributed by atoms with Gasteiger partial charge >= 0.3 is 0 Å². The van der Waals surface area contributed by atoms with Gasteiger partial charge < -0.3 is 5.73 Å². The van der Waals surface area contributed by atoms with Crippen LogP contribution in [0, 0.1) is 5.82 Å². The quantitative estimate of drug-likeness (QED) is 0.848. The summed E-state index contributed by atoms with van der Waals surface area (Å²) in [5.74, 6) is -0.239. The zero-order valence-corrected chi connectivity index (χ0v) is 9.60. The molecule has 0 radical (unpaired) electrons. The average molecular weight is 292 g/mol. The molecule has 0 atom stereocenters. The van der Waals surface area contributed by atoms with Crippen molar-refractivity contribution in [2.24, 2.45) is 0 Å². The summed E-state index contributed by atoms with van der Waals surface area (Å²) in [6.45, 7) is 0. The molecule has 7 heteroatoms. The standard InChI is InChI=1S/C8H5BrClFN4/c9-3-1-4(10)6(5(11)2-3)7-13-8(12)15-14-7/h1-2H,(H3,12,13,14,15). The molecular weight excluding hydrogens is 286 g/mol. The van der Waals surface area contributed by atoms with Crippen molar-refractivity contribution in [1.82, 2.24) is 15.2 Å². The highest BCUT2D eigenvalue weighted by molar-refractivity contribution is 9.10.